The van der Waals surface area contributed by atoms with Crippen molar-refractivity contribution in [1.82, 2.24) is 9.55 Å². The van der Waals surface area contributed by atoms with Crippen LogP contribution >= 0.6 is 0 Å². The fraction of sp³-hybridized carbons (Fsp3) is 0.278. The van der Waals surface area contributed by atoms with E-state index in [-0.39, 0.29) is 13.4 Å². The van der Waals surface area contributed by atoms with Gasteiger partial charge in [-0.3, -0.25) is 0 Å². The van der Waals surface area contributed by atoms with Gasteiger partial charge in [-0.15, -0.1) is 0 Å². The van der Waals surface area contributed by atoms with Crippen molar-refractivity contribution in [2.45, 2.75) is 19.3 Å². The number of benzene rings is 2. The number of para-hydroxylation sites is 2. The summed E-state index contributed by atoms with van der Waals surface area (Å²) in [4.78, 5) is 4.32. The number of rotatable bonds is 6. The monoisotopic (exact) mass is 326 g/mol. The third-order valence-corrected chi connectivity index (χ3v) is 3.95. The van der Waals surface area contributed by atoms with Crippen molar-refractivity contribution in [2.24, 2.45) is 0 Å². The molecular weight excluding hydrogens is 308 g/mol. The fourth-order valence-corrected chi connectivity index (χ4v) is 2.78. The summed E-state index contributed by atoms with van der Waals surface area (Å²) < 4.78 is 18.2. The van der Waals surface area contributed by atoms with Crippen LogP contribution < -0.4 is 9.47 Å². The number of imidazole rings is 1. The van der Waals surface area contributed by atoms with Crippen LogP contribution in [0.5, 0.6) is 11.5 Å². The molecule has 2 aromatic carbocycles. The maximum Gasteiger partial charge on any atom is 0.231 e. The molecule has 1 N–H and O–H groups in total. The first-order valence-electron chi connectivity index (χ1n) is 7.84. The first-order valence-corrected chi connectivity index (χ1v) is 7.84. The van der Waals surface area contributed by atoms with Crippen molar-refractivity contribution >= 4 is 11.0 Å². The van der Waals surface area contributed by atoms with E-state index in [1.807, 2.05) is 47.0 Å². The van der Waals surface area contributed by atoms with Gasteiger partial charge in [0.15, 0.2) is 11.5 Å². The molecule has 0 bridgehead atoms. The molecule has 1 aromatic heterocycles. The molecule has 1 aliphatic heterocycles. The minimum Gasteiger partial charge on any atom is -0.454 e. The van der Waals surface area contributed by atoms with Crippen LogP contribution in [-0.4, -0.2) is 34.2 Å². The molecule has 0 saturated heterocycles. The van der Waals surface area contributed by atoms with Crippen molar-refractivity contribution in [3.8, 4) is 11.5 Å². The highest BCUT2D eigenvalue weighted by Gasteiger charge is 2.14. The highest BCUT2D eigenvalue weighted by Crippen LogP contribution is 2.32. The Hall–Kier alpha value is -2.57. The maximum atomic E-state index is 10.2. The summed E-state index contributed by atoms with van der Waals surface area (Å²) in [5, 5.41) is 10.2. The number of ether oxygens (including phenoxy) is 3. The van der Waals surface area contributed by atoms with Crippen molar-refractivity contribution < 1.29 is 19.3 Å². The number of aliphatic hydroxyl groups is 1. The summed E-state index contributed by atoms with van der Waals surface area (Å²) in [6.07, 6.45) is 1.14. The Kier molecular flexibility index (Phi) is 4.06. The Morgan fingerprint density at radius 1 is 1.17 bits per heavy atom. The van der Waals surface area contributed by atoms with E-state index in [1.165, 1.54) is 0 Å². The second kappa shape index (κ2) is 6.51. The van der Waals surface area contributed by atoms with Gasteiger partial charge in [0.05, 0.1) is 43.2 Å². The quantitative estimate of drug-likeness (QED) is 0.753. The number of hydrogen-bond acceptors (Lipinski definition) is 5. The standard InChI is InChI=1S/C18H18N2O4/c21-14(8-20-11-19-15-3-1-2-4-16(15)20)10-22-9-13-5-6-17-18(7-13)24-12-23-17/h1-7,11,14,21H,8-10,12H2. The highest BCUT2D eigenvalue weighted by atomic mass is 16.7. The van der Waals surface area contributed by atoms with Gasteiger partial charge in [0.1, 0.15) is 0 Å². The van der Waals surface area contributed by atoms with Crippen LogP contribution in [0.1, 0.15) is 5.56 Å². The van der Waals surface area contributed by atoms with Gasteiger partial charge in [0.2, 0.25) is 6.79 Å². The Bertz CT molecular complexity index is 846. The predicted molar refractivity (Wildman–Crippen MR) is 88.0 cm³/mol. The Morgan fingerprint density at radius 2 is 2.04 bits per heavy atom. The van der Waals surface area contributed by atoms with Gasteiger partial charge in [-0.25, -0.2) is 4.98 Å². The summed E-state index contributed by atoms with van der Waals surface area (Å²) in [6, 6.07) is 13.6. The Balaban J connectivity index is 1.31. The number of nitrogens with zero attached hydrogens (tertiary/aromatic N) is 2. The first kappa shape index (κ1) is 15.0. The van der Waals surface area contributed by atoms with Crippen LogP contribution in [0.4, 0.5) is 0 Å². The van der Waals surface area contributed by atoms with E-state index in [9.17, 15) is 5.11 Å². The zero-order valence-electron chi connectivity index (χ0n) is 13.1. The summed E-state index contributed by atoms with van der Waals surface area (Å²) in [7, 11) is 0. The van der Waals surface area contributed by atoms with Crippen LogP contribution in [0.3, 0.4) is 0 Å². The van der Waals surface area contributed by atoms with Crippen LogP contribution in [0, 0.1) is 0 Å². The van der Waals surface area contributed by atoms with E-state index >= 15 is 0 Å². The van der Waals surface area contributed by atoms with Crippen molar-refractivity contribution in [3.05, 3.63) is 54.4 Å². The van der Waals surface area contributed by atoms with E-state index in [2.05, 4.69) is 4.98 Å². The average molecular weight is 326 g/mol. The number of hydrogen-bond donors (Lipinski definition) is 1. The number of fused-ring (bicyclic) bond motifs is 2. The largest absolute Gasteiger partial charge is 0.454 e. The van der Waals surface area contributed by atoms with Gasteiger partial charge in [-0.2, -0.15) is 0 Å². The van der Waals surface area contributed by atoms with Gasteiger partial charge in [-0.05, 0) is 29.8 Å². The first-order chi connectivity index (χ1) is 11.8. The summed E-state index contributed by atoms with van der Waals surface area (Å²) in [6.45, 7) is 1.37. The molecule has 3 aromatic rings. The number of aliphatic hydroxyl groups excluding tert-OH is 1. The van der Waals surface area contributed by atoms with Gasteiger partial charge in [0.25, 0.3) is 0 Å². The second-order valence-corrected chi connectivity index (χ2v) is 5.74. The molecular formula is C18H18N2O4. The summed E-state index contributed by atoms with van der Waals surface area (Å²) in [5.41, 5.74) is 2.91. The average Bonchev–Trinajstić information content (AvgIpc) is 3.22. The van der Waals surface area contributed by atoms with E-state index in [4.69, 9.17) is 14.2 Å². The third kappa shape index (κ3) is 3.06. The summed E-state index contributed by atoms with van der Waals surface area (Å²) >= 11 is 0. The maximum absolute atomic E-state index is 10.2. The van der Waals surface area contributed by atoms with Crippen LogP contribution in [0.25, 0.3) is 11.0 Å². The molecule has 0 aliphatic carbocycles. The van der Waals surface area contributed by atoms with Crippen LogP contribution in [0.15, 0.2) is 48.8 Å². The van der Waals surface area contributed by atoms with Gasteiger partial charge in [0, 0.05) is 0 Å². The molecule has 6 heteroatoms. The van der Waals surface area contributed by atoms with Crippen LogP contribution in [0.2, 0.25) is 0 Å². The molecule has 1 atom stereocenters. The van der Waals surface area contributed by atoms with E-state index in [0.29, 0.717) is 13.2 Å². The van der Waals surface area contributed by atoms with Crippen molar-refractivity contribution in [3.63, 3.8) is 0 Å². The molecule has 0 radical (unpaired) electrons. The van der Waals surface area contributed by atoms with Crippen molar-refractivity contribution in [1.29, 1.82) is 0 Å². The predicted octanol–water partition coefficient (Wildman–Crippen LogP) is 2.34. The molecule has 24 heavy (non-hydrogen) atoms. The fourth-order valence-electron chi connectivity index (χ4n) is 2.78. The molecule has 1 aliphatic rings. The molecule has 0 saturated carbocycles. The molecule has 0 amide bonds. The number of aromatic nitrogens is 2. The lowest BCUT2D eigenvalue weighted by atomic mass is 10.2. The molecule has 0 fully saturated rings. The lowest BCUT2D eigenvalue weighted by Gasteiger charge is -2.13. The van der Waals surface area contributed by atoms with Gasteiger partial charge in [-0.1, -0.05) is 18.2 Å². The van der Waals surface area contributed by atoms with E-state index in [1.54, 1.807) is 6.33 Å². The Morgan fingerprint density at radius 3 is 3.00 bits per heavy atom. The lowest BCUT2D eigenvalue weighted by molar-refractivity contribution is 0.0208. The summed E-state index contributed by atoms with van der Waals surface area (Å²) in [5.74, 6) is 1.49. The Labute approximate surface area is 139 Å². The molecule has 2 heterocycles. The van der Waals surface area contributed by atoms with Crippen molar-refractivity contribution in [2.75, 3.05) is 13.4 Å². The molecule has 0 spiro atoms. The van der Waals surface area contributed by atoms with Crippen LogP contribution in [-0.2, 0) is 17.9 Å². The second-order valence-electron chi connectivity index (χ2n) is 5.74. The lowest BCUT2D eigenvalue weighted by Crippen LogP contribution is -2.21. The minimum atomic E-state index is -0.600. The SMILES string of the molecule is OC(COCc1ccc2c(c1)OCO2)Cn1cnc2ccccc21. The smallest absolute Gasteiger partial charge is 0.231 e. The topological polar surface area (TPSA) is 65.7 Å². The third-order valence-electron chi connectivity index (χ3n) is 3.95. The van der Waals surface area contributed by atoms with Gasteiger partial charge < -0.3 is 23.9 Å². The molecule has 1 unspecified atom stereocenters. The molecule has 6 nitrogen and oxygen atoms in total. The normalized spacial score (nSPS) is 14.2. The molecule has 124 valence electrons. The zero-order chi connectivity index (χ0) is 16.4. The zero-order valence-corrected chi connectivity index (χ0v) is 13.1. The van der Waals surface area contributed by atoms with E-state index < -0.39 is 6.10 Å². The molecule has 4 rings (SSSR count). The highest BCUT2D eigenvalue weighted by molar-refractivity contribution is 5.74. The van der Waals surface area contributed by atoms with E-state index in [0.717, 1.165) is 28.1 Å². The minimum absolute atomic E-state index is 0.251. The van der Waals surface area contributed by atoms with Gasteiger partial charge >= 0.3 is 0 Å².